The number of hydrogen-bond donors (Lipinski definition) is 0. The Bertz CT molecular complexity index is 1010. The van der Waals surface area contributed by atoms with Crippen molar-refractivity contribution in [1.29, 1.82) is 0 Å². The second kappa shape index (κ2) is 5.61. The number of pyridine rings is 1. The number of carbonyl (C=O) groups excluding carboxylic acids is 1. The number of anilines is 1. The first kappa shape index (κ1) is 15.7. The summed E-state index contributed by atoms with van der Waals surface area (Å²) in [7, 11) is 1.79. The summed E-state index contributed by atoms with van der Waals surface area (Å²) in [6.07, 6.45) is 2.68. The van der Waals surface area contributed by atoms with Crippen LogP contribution in [0.25, 0.3) is 11.0 Å². The molecule has 0 saturated heterocycles. The van der Waals surface area contributed by atoms with Crippen LogP contribution in [0.15, 0.2) is 24.4 Å². The second-order valence-corrected chi connectivity index (χ2v) is 6.26. The molecule has 3 heterocycles. The van der Waals surface area contributed by atoms with E-state index in [2.05, 4.69) is 10.1 Å². The monoisotopic (exact) mass is 342 g/mol. The van der Waals surface area contributed by atoms with Crippen molar-refractivity contribution in [1.82, 2.24) is 14.8 Å². The van der Waals surface area contributed by atoms with Crippen LogP contribution in [-0.4, -0.2) is 27.2 Å². The maximum atomic E-state index is 14.3. The van der Waals surface area contributed by atoms with Crippen molar-refractivity contribution >= 4 is 22.6 Å². The third kappa shape index (κ3) is 2.47. The van der Waals surface area contributed by atoms with Crippen LogP contribution in [0.3, 0.4) is 0 Å². The Morgan fingerprint density at radius 3 is 2.84 bits per heavy atom. The van der Waals surface area contributed by atoms with Gasteiger partial charge in [0, 0.05) is 31.2 Å². The Morgan fingerprint density at radius 1 is 1.24 bits per heavy atom. The lowest BCUT2D eigenvalue weighted by atomic mass is 10.00. The summed E-state index contributed by atoms with van der Waals surface area (Å²) in [4.78, 5) is 18.6. The molecule has 0 radical (unpaired) electrons. The van der Waals surface area contributed by atoms with Crippen molar-refractivity contribution in [2.45, 2.75) is 19.8 Å². The highest BCUT2D eigenvalue weighted by Crippen LogP contribution is 2.32. The number of hydrogen-bond acceptors (Lipinski definition) is 3. The van der Waals surface area contributed by atoms with Gasteiger partial charge in [0.25, 0.3) is 5.91 Å². The summed E-state index contributed by atoms with van der Waals surface area (Å²) in [6.45, 7) is 2.23. The molecule has 1 amide bonds. The van der Waals surface area contributed by atoms with E-state index in [0.29, 0.717) is 36.2 Å². The number of aromatic nitrogens is 3. The quantitative estimate of drug-likeness (QED) is 0.683. The van der Waals surface area contributed by atoms with Gasteiger partial charge < -0.3 is 4.90 Å². The van der Waals surface area contributed by atoms with E-state index in [4.69, 9.17) is 0 Å². The van der Waals surface area contributed by atoms with Gasteiger partial charge in [-0.3, -0.25) is 9.48 Å². The van der Waals surface area contributed by atoms with E-state index in [1.165, 1.54) is 17.2 Å². The van der Waals surface area contributed by atoms with Gasteiger partial charge in [0.1, 0.15) is 11.6 Å². The van der Waals surface area contributed by atoms with Crippen molar-refractivity contribution in [2.75, 3.05) is 11.4 Å². The first-order valence-corrected chi connectivity index (χ1v) is 8.05. The van der Waals surface area contributed by atoms with Crippen LogP contribution in [0.5, 0.6) is 0 Å². The Kier molecular flexibility index (Phi) is 3.52. The first-order chi connectivity index (χ1) is 12.0. The number of nitrogens with zero attached hydrogens (tertiary/aromatic N) is 4. The lowest BCUT2D eigenvalue weighted by Crippen LogP contribution is -2.36. The van der Waals surface area contributed by atoms with Gasteiger partial charge in [-0.1, -0.05) is 0 Å². The summed E-state index contributed by atoms with van der Waals surface area (Å²) in [5.74, 6) is -1.68. The molecule has 7 heteroatoms. The van der Waals surface area contributed by atoms with Crippen LogP contribution >= 0.6 is 0 Å². The average molecular weight is 342 g/mol. The lowest BCUT2D eigenvalue weighted by Gasteiger charge is -2.30. The van der Waals surface area contributed by atoms with Gasteiger partial charge in [-0.25, -0.2) is 13.8 Å². The fraction of sp³-hybridized carbons (Fsp3) is 0.278. The van der Waals surface area contributed by atoms with Crippen LogP contribution in [0.2, 0.25) is 0 Å². The predicted molar refractivity (Wildman–Crippen MR) is 89.6 cm³/mol. The zero-order valence-electron chi connectivity index (χ0n) is 13.9. The first-order valence-electron chi connectivity index (χ1n) is 8.05. The van der Waals surface area contributed by atoms with Crippen molar-refractivity contribution in [3.05, 3.63) is 52.9 Å². The molecule has 128 valence electrons. The van der Waals surface area contributed by atoms with Crippen LogP contribution in [-0.2, 0) is 13.5 Å². The van der Waals surface area contributed by atoms with E-state index < -0.39 is 11.6 Å². The summed E-state index contributed by atoms with van der Waals surface area (Å²) >= 11 is 0. The molecular weight excluding hydrogens is 326 g/mol. The molecule has 5 nitrogen and oxygen atoms in total. The van der Waals surface area contributed by atoms with E-state index in [0.717, 1.165) is 17.1 Å². The number of carbonyl (C=O) groups is 1. The maximum absolute atomic E-state index is 14.3. The van der Waals surface area contributed by atoms with E-state index >= 15 is 0 Å². The molecular formula is C18H16F2N4O. The highest BCUT2D eigenvalue weighted by molar-refractivity contribution is 6.08. The number of aryl methyl sites for hydroxylation is 3. The summed E-state index contributed by atoms with van der Waals surface area (Å²) < 4.78 is 29.4. The molecule has 0 saturated carbocycles. The predicted octanol–water partition coefficient (Wildman–Crippen LogP) is 3.15. The average Bonchev–Trinajstić information content (AvgIpc) is 2.87. The molecule has 25 heavy (non-hydrogen) atoms. The third-order valence-corrected chi connectivity index (χ3v) is 4.56. The zero-order chi connectivity index (χ0) is 17.7. The van der Waals surface area contributed by atoms with Crippen LogP contribution in [0.1, 0.15) is 28.0 Å². The minimum atomic E-state index is -0.713. The van der Waals surface area contributed by atoms with Gasteiger partial charge in [-0.05, 0) is 37.5 Å². The highest BCUT2D eigenvalue weighted by Gasteiger charge is 2.28. The zero-order valence-corrected chi connectivity index (χ0v) is 13.9. The fourth-order valence-electron chi connectivity index (χ4n) is 3.44. The molecule has 0 spiro atoms. The standard InChI is InChI=1S/C18H16F2N4O/c1-10-14-7-12(9-21-17(14)23(2)22-10)18(25)24-5-3-4-11-6-13(19)8-15(20)16(11)24/h6-9H,3-5H2,1-2H3. The Hall–Kier alpha value is -2.83. The summed E-state index contributed by atoms with van der Waals surface area (Å²) in [6, 6.07) is 3.84. The molecule has 1 aromatic carbocycles. The van der Waals surface area contributed by atoms with Crippen LogP contribution < -0.4 is 4.90 Å². The topological polar surface area (TPSA) is 51.0 Å². The van der Waals surface area contributed by atoms with E-state index in [9.17, 15) is 13.6 Å². The van der Waals surface area contributed by atoms with E-state index in [1.807, 2.05) is 6.92 Å². The van der Waals surface area contributed by atoms with Crippen molar-refractivity contribution in [3.63, 3.8) is 0 Å². The molecule has 0 bridgehead atoms. The summed E-state index contributed by atoms with van der Waals surface area (Å²) in [5, 5.41) is 5.07. The van der Waals surface area contributed by atoms with Gasteiger partial charge in [-0.2, -0.15) is 5.10 Å². The third-order valence-electron chi connectivity index (χ3n) is 4.56. The number of benzene rings is 1. The van der Waals surface area contributed by atoms with Crippen LogP contribution in [0, 0.1) is 18.6 Å². The highest BCUT2D eigenvalue weighted by atomic mass is 19.1. The molecule has 0 atom stereocenters. The maximum Gasteiger partial charge on any atom is 0.259 e. The van der Waals surface area contributed by atoms with E-state index in [1.54, 1.807) is 17.8 Å². The Labute approximate surface area is 142 Å². The largest absolute Gasteiger partial charge is 0.305 e. The minimum absolute atomic E-state index is 0.167. The van der Waals surface area contributed by atoms with Gasteiger partial charge in [0.05, 0.1) is 16.9 Å². The molecule has 4 rings (SSSR count). The molecule has 1 aliphatic rings. The second-order valence-electron chi connectivity index (χ2n) is 6.26. The van der Waals surface area contributed by atoms with Gasteiger partial charge in [0.15, 0.2) is 5.65 Å². The number of fused-ring (bicyclic) bond motifs is 2. The van der Waals surface area contributed by atoms with Gasteiger partial charge >= 0.3 is 0 Å². The normalized spacial score (nSPS) is 14.0. The Balaban J connectivity index is 1.79. The fourth-order valence-corrected chi connectivity index (χ4v) is 3.44. The summed E-state index contributed by atoms with van der Waals surface area (Å²) in [5.41, 5.74) is 2.50. The molecule has 2 aromatic heterocycles. The molecule has 0 unspecified atom stereocenters. The van der Waals surface area contributed by atoms with Crippen molar-refractivity contribution in [3.8, 4) is 0 Å². The smallest absolute Gasteiger partial charge is 0.259 e. The molecule has 0 fully saturated rings. The molecule has 0 aliphatic carbocycles. The molecule has 1 aliphatic heterocycles. The SMILES string of the molecule is Cc1nn(C)c2ncc(C(=O)N3CCCc4cc(F)cc(F)c43)cc12. The molecule has 3 aromatic rings. The number of amides is 1. The van der Waals surface area contributed by atoms with Crippen LogP contribution in [0.4, 0.5) is 14.5 Å². The van der Waals surface area contributed by atoms with Crippen molar-refractivity contribution < 1.29 is 13.6 Å². The molecule has 0 N–H and O–H groups in total. The number of rotatable bonds is 1. The lowest BCUT2D eigenvalue weighted by molar-refractivity contribution is 0.0984. The van der Waals surface area contributed by atoms with Gasteiger partial charge in [-0.15, -0.1) is 0 Å². The van der Waals surface area contributed by atoms with Crippen molar-refractivity contribution in [2.24, 2.45) is 7.05 Å². The van der Waals surface area contributed by atoms with Gasteiger partial charge in [0.2, 0.25) is 0 Å². The van der Waals surface area contributed by atoms with E-state index in [-0.39, 0.29) is 11.6 Å². The number of halogens is 2. The minimum Gasteiger partial charge on any atom is -0.305 e. The Morgan fingerprint density at radius 2 is 2.04 bits per heavy atom.